The molecule has 0 aliphatic heterocycles. The van der Waals surface area contributed by atoms with Crippen LogP contribution in [0.1, 0.15) is 25.7 Å². The van der Waals surface area contributed by atoms with Crippen LogP contribution in [-0.2, 0) is 0 Å². The average Bonchev–Trinajstić information content (AvgIpc) is 2.70. The second kappa shape index (κ2) is 4.75. The van der Waals surface area contributed by atoms with Crippen molar-refractivity contribution >= 4 is 27.5 Å². The monoisotopic (exact) mass is 268 g/mol. The van der Waals surface area contributed by atoms with E-state index in [9.17, 15) is 0 Å². The van der Waals surface area contributed by atoms with Gasteiger partial charge in [0.05, 0.1) is 0 Å². The van der Waals surface area contributed by atoms with E-state index in [2.05, 4.69) is 38.1 Å². The fourth-order valence-corrected chi connectivity index (χ4v) is 2.18. The highest BCUT2D eigenvalue weighted by atomic mass is 79.9. The second-order valence-electron chi connectivity index (χ2n) is 3.79. The van der Waals surface area contributed by atoms with Crippen LogP contribution in [0.5, 0.6) is 0 Å². The van der Waals surface area contributed by atoms with Gasteiger partial charge >= 0.3 is 0 Å². The van der Waals surface area contributed by atoms with Crippen molar-refractivity contribution in [3.63, 3.8) is 0 Å². The van der Waals surface area contributed by atoms with Crippen molar-refractivity contribution in [3.8, 4) is 0 Å². The molecular weight excluding hydrogens is 254 g/mol. The first kappa shape index (κ1) is 10.6. The lowest BCUT2D eigenvalue weighted by atomic mass is 10.3. The molecule has 15 heavy (non-hydrogen) atoms. The molecule has 0 bridgehead atoms. The van der Waals surface area contributed by atoms with Crippen molar-refractivity contribution in [2.75, 3.05) is 12.5 Å². The van der Waals surface area contributed by atoms with Crippen LogP contribution in [0.4, 0.5) is 5.82 Å². The van der Waals surface area contributed by atoms with Gasteiger partial charge in [0, 0.05) is 12.8 Å². The minimum Gasteiger partial charge on any atom is -0.219 e. The molecule has 1 fully saturated rings. The molecule has 0 saturated heterocycles. The van der Waals surface area contributed by atoms with E-state index >= 15 is 0 Å². The lowest BCUT2D eigenvalue weighted by Crippen LogP contribution is -2.21. The summed E-state index contributed by atoms with van der Waals surface area (Å²) in [4.78, 5) is 4.34. The van der Waals surface area contributed by atoms with Gasteiger partial charge in [0.15, 0.2) is 18.6 Å². The first-order chi connectivity index (χ1) is 7.25. The molecule has 0 radical (unpaired) electrons. The van der Waals surface area contributed by atoms with Gasteiger partial charge in [-0.25, -0.2) is 4.98 Å². The molecule has 1 heterocycles. The fourth-order valence-electron chi connectivity index (χ4n) is 1.84. The molecule has 1 aliphatic rings. The van der Waals surface area contributed by atoms with E-state index in [1.165, 1.54) is 31.4 Å². The summed E-state index contributed by atoms with van der Waals surface area (Å²) in [6.45, 7) is 0. The predicted molar refractivity (Wildman–Crippen MR) is 65.2 cm³/mol. The standard InChI is InChI=1S/C11H15BrN3/c1-15(9-5-2-3-6-9)14-11-8-4-7-10(12)13-11/h4,7-8H,2-3,5-6H2,1H3,(H,13,14)/q+1. The molecule has 1 aromatic heterocycles. The van der Waals surface area contributed by atoms with E-state index < -0.39 is 0 Å². The van der Waals surface area contributed by atoms with Gasteiger partial charge in [-0.3, -0.25) is 0 Å². The van der Waals surface area contributed by atoms with Gasteiger partial charge in [-0.2, -0.15) is 0 Å². The lowest BCUT2D eigenvalue weighted by Gasteiger charge is -2.02. The molecule has 0 aromatic carbocycles. The maximum Gasteiger partial charge on any atom is 0.185 e. The zero-order valence-electron chi connectivity index (χ0n) is 8.83. The number of hydrogen-bond acceptors (Lipinski definition) is 2. The van der Waals surface area contributed by atoms with Crippen molar-refractivity contribution < 1.29 is 4.68 Å². The van der Waals surface area contributed by atoms with Gasteiger partial charge in [0.2, 0.25) is 0 Å². The smallest absolute Gasteiger partial charge is 0.185 e. The number of hydrazine groups is 1. The molecular formula is C11H15BrN3+. The van der Waals surface area contributed by atoms with E-state index in [0.29, 0.717) is 0 Å². The highest BCUT2D eigenvalue weighted by molar-refractivity contribution is 9.10. The molecule has 80 valence electrons. The summed E-state index contributed by atoms with van der Waals surface area (Å²) in [5.74, 6) is 0.881. The molecule has 2 rings (SSSR count). The summed E-state index contributed by atoms with van der Waals surface area (Å²) in [7, 11) is 2.06. The van der Waals surface area contributed by atoms with E-state index in [-0.39, 0.29) is 0 Å². The molecule has 3 nitrogen and oxygen atoms in total. The van der Waals surface area contributed by atoms with Gasteiger partial charge in [-0.15, -0.1) is 10.1 Å². The van der Waals surface area contributed by atoms with E-state index in [1.807, 2.05) is 18.2 Å². The molecule has 0 unspecified atom stereocenters. The van der Waals surface area contributed by atoms with Crippen LogP contribution in [0.2, 0.25) is 0 Å². The third-order valence-electron chi connectivity index (χ3n) is 2.65. The van der Waals surface area contributed by atoms with Crippen molar-refractivity contribution in [2.24, 2.45) is 0 Å². The van der Waals surface area contributed by atoms with Gasteiger partial charge in [-0.05, 0) is 40.9 Å². The van der Waals surface area contributed by atoms with Gasteiger partial charge in [-0.1, -0.05) is 6.07 Å². The molecule has 1 N–H and O–H groups in total. The third kappa shape index (κ3) is 2.78. The van der Waals surface area contributed by atoms with Crippen LogP contribution in [-0.4, -0.2) is 22.4 Å². The summed E-state index contributed by atoms with van der Waals surface area (Å²) >= 11 is 3.36. The number of rotatable bonds is 2. The maximum atomic E-state index is 4.34. The number of nitrogens with zero attached hydrogens (tertiary/aromatic N) is 2. The summed E-state index contributed by atoms with van der Waals surface area (Å²) in [5.41, 5.74) is 4.75. The fraction of sp³-hybridized carbons (Fsp3) is 0.455. The average molecular weight is 269 g/mol. The number of halogens is 1. The first-order valence-corrected chi connectivity index (χ1v) is 6.02. The minimum atomic E-state index is 0.859. The Bertz CT molecular complexity index is 379. The highest BCUT2D eigenvalue weighted by Crippen LogP contribution is 2.15. The molecule has 0 spiro atoms. The topological polar surface area (TPSA) is 27.9 Å². The van der Waals surface area contributed by atoms with E-state index in [0.717, 1.165) is 10.4 Å². The number of hydrazone groups is 1. The van der Waals surface area contributed by atoms with Crippen molar-refractivity contribution in [2.45, 2.75) is 25.7 Å². The number of hydrogen-bond donors (Lipinski definition) is 1. The highest BCUT2D eigenvalue weighted by Gasteiger charge is 2.17. The number of nitrogens with one attached hydrogen (secondary N) is 1. The SMILES string of the molecule is C[N+](Nc1cccc(Br)n1)=C1CCCC1. The Morgan fingerprint density at radius 1 is 1.33 bits per heavy atom. The molecule has 1 saturated carbocycles. The summed E-state index contributed by atoms with van der Waals surface area (Å²) in [6, 6.07) is 5.87. The zero-order valence-corrected chi connectivity index (χ0v) is 10.4. The Morgan fingerprint density at radius 3 is 2.73 bits per heavy atom. The van der Waals surface area contributed by atoms with Crippen LogP contribution in [0.3, 0.4) is 0 Å². The number of anilines is 1. The normalized spacial score (nSPS) is 15.5. The molecule has 4 heteroatoms. The number of aromatic nitrogens is 1. The lowest BCUT2D eigenvalue weighted by molar-refractivity contribution is -0.466. The van der Waals surface area contributed by atoms with Crippen molar-refractivity contribution in [3.05, 3.63) is 22.8 Å². The largest absolute Gasteiger partial charge is 0.219 e. The van der Waals surface area contributed by atoms with Crippen LogP contribution in [0, 0.1) is 0 Å². The van der Waals surface area contributed by atoms with Crippen molar-refractivity contribution in [1.82, 2.24) is 4.98 Å². The quantitative estimate of drug-likeness (QED) is 0.508. The van der Waals surface area contributed by atoms with Gasteiger partial charge < -0.3 is 0 Å². The Labute approximate surface area is 98.3 Å². The van der Waals surface area contributed by atoms with Crippen LogP contribution < -0.4 is 5.43 Å². The summed E-state index contributed by atoms with van der Waals surface area (Å²) < 4.78 is 2.96. The maximum absolute atomic E-state index is 4.34. The van der Waals surface area contributed by atoms with Crippen LogP contribution in [0.25, 0.3) is 0 Å². The minimum absolute atomic E-state index is 0.859. The Kier molecular flexibility index (Phi) is 3.36. The Hall–Kier alpha value is -0.900. The predicted octanol–water partition coefficient (Wildman–Crippen LogP) is 2.83. The Morgan fingerprint density at radius 2 is 2.07 bits per heavy atom. The molecule has 1 aromatic rings. The third-order valence-corrected chi connectivity index (χ3v) is 3.09. The molecule has 0 atom stereocenters. The second-order valence-corrected chi connectivity index (χ2v) is 4.60. The summed E-state index contributed by atoms with van der Waals surface area (Å²) in [5, 5.41) is 0. The molecule has 0 amide bonds. The van der Waals surface area contributed by atoms with Gasteiger partial charge in [0.25, 0.3) is 0 Å². The van der Waals surface area contributed by atoms with E-state index in [4.69, 9.17) is 0 Å². The zero-order chi connectivity index (χ0) is 10.7. The summed E-state index contributed by atoms with van der Waals surface area (Å²) in [6.07, 6.45) is 5.04. The van der Waals surface area contributed by atoms with Crippen LogP contribution in [0.15, 0.2) is 22.8 Å². The van der Waals surface area contributed by atoms with Crippen molar-refractivity contribution in [1.29, 1.82) is 0 Å². The van der Waals surface area contributed by atoms with Gasteiger partial charge in [0.1, 0.15) is 4.60 Å². The first-order valence-electron chi connectivity index (χ1n) is 5.23. The Balaban J connectivity index is 2.11. The molecule has 1 aliphatic carbocycles. The number of pyridine rings is 1. The van der Waals surface area contributed by atoms with E-state index in [1.54, 1.807) is 0 Å². The van der Waals surface area contributed by atoms with Crippen LogP contribution >= 0.6 is 15.9 Å².